The van der Waals surface area contributed by atoms with Gasteiger partial charge < -0.3 is 4.74 Å². The number of ether oxygens (including phenoxy) is 1. The van der Waals surface area contributed by atoms with Crippen LogP contribution in [0.15, 0.2) is 84.9 Å². The Morgan fingerprint density at radius 2 is 1.18 bits per heavy atom. The summed E-state index contributed by atoms with van der Waals surface area (Å²) in [4.78, 5) is 75.9. The monoisotopic (exact) mass is 608 g/mol. The predicted molar refractivity (Wildman–Crippen MR) is 155 cm³/mol. The summed E-state index contributed by atoms with van der Waals surface area (Å²) >= 11 is 0. The number of benzene rings is 3. The first-order chi connectivity index (χ1) is 21.6. The lowest BCUT2D eigenvalue weighted by molar-refractivity contribution is -0.385. The second-order valence-corrected chi connectivity index (χ2v) is 11.6. The number of nitro benzene ring substituents is 2. The van der Waals surface area contributed by atoms with Crippen LogP contribution in [-0.4, -0.2) is 49.9 Å². The first-order valence-corrected chi connectivity index (χ1v) is 14.3. The van der Waals surface area contributed by atoms with Gasteiger partial charge in [-0.2, -0.15) is 5.01 Å². The number of carbonyl (C=O) groups excluding carboxylic acids is 4. The minimum absolute atomic E-state index is 0.0281. The van der Waals surface area contributed by atoms with Gasteiger partial charge >= 0.3 is 0 Å². The Labute approximate surface area is 254 Å². The van der Waals surface area contributed by atoms with E-state index < -0.39 is 51.7 Å². The van der Waals surface area contributed by atoms with Crippen molar-refractivity contribution in [2.75, 3.05) is 6.54 Å². The Hall–Kier alpha value is -5.72. The van der Waals surface area contributed by atoms with Gasteiger partial charge in [0.1, 0.15) is 18.0 Å². The van der Waals surface area contributed by atoms with E-state index in [9.17, 15) is 39.4 Å². The van der Waals surface area contributed by atoms with Gasteiger partial charge in [0.25, 0.3) is 29.1 Å². The van der Waals surface area contributed by atoms with Crippen LogP contribution in [0.4, 0.5) is 11.4 Å². The number of rotatable bonds is 9. The number of imide groups is 1. The quantitative estimate of drug-likeness (QED) is 0.111. The summed E-state index contributed by atoms with van der Waals surface area (Å²) in [6, 6.07) is 16.1. The fraction of sp³-hybridized carbons (Fsp3) is 0.250. The lowest BCUT2D eigenvalue weighted by Crippen LogP contribution is -2.52. The average Bonchev–Trinajstić information content (AvgIpc) is 3.83. The van der Waals surface area contributed by atoms with Gasteiger partial charge in [0, 0.05) is 35.4 Å². The molecular weight excluding hydrogens is 584 g/mol. The molecule has 3 aromatic carbocycles. The van der Waals surface area contributed by atoms with E-state index in [1.165, 1.54) is 60.7 Å². The van der Waals surface area contributed by atoms with Crippen molar-refractivity contribution in [1.82, 2.24) is 10.0 Å². The smallest absolute Gasteiger partial charge is 0.273 e. The van der Waals surface area contributed by atoms with Crippen LogP contribution in [0.3, 0.4) is 0 Å². The van der Waals surface area contributed by atoms with E-state index in [1.807, 2.05) is 12.2 Å². The lowest BCUT2D eigenvalue weighted by atomic mass is 9.63. The highest BCUT2D eigenvalue weighted by Crippen LogP contribution is 2.65. The van der Waals surface area contributed by atoms with Crippen molar-refractivity contribution in [2.45, 2.75) is 6.42 Å². The largest absolute Gasteiger partial charge is 0.457 e. The zero-order chi connectivity index (χ0) is 31.6. The van der Waals surface area contributed by atoms with Crippen LogP contribution in [0.25, 0.3) is 0 Å². The first-order valence-electron chi connectivity index (χ1n) is 14.3. The van der Waals surface area contributed by atoms with Crippen molar-refractivity contribution in [3.05, 3.63) is 116 Å². The van der Waals surface area contributed by atoms with Crippen LogP contribution in [0.1, 0.15) is 27.1 Å². The van der Waals surface area contributed by atoms with Crippen LogP contribution < -0.4 is 4.74 Å². The molecule has 3 aromatic rings. The average molecular weight is 609 g/mol. The SMILES string of the molecule is O=C(CN(C(=O)c1ccc([N+](=O)[O-])cc1)N1C(=O)[C@@H]2[C@H]3C=C[C@@H]([C@@H]4C[C@H]34)[C@H]2C1=O)c1ccc(Oc2ccc([N+](=O)[O-])cc2)cc1. The molecule has 3 amide bonds. The molecule has 0 spiro atoms. The van der Waals surface area contributed by atoms with Gasteiger partial charge in [-0.25, -0.2) is 5.01 Å². The zero-order valence-electron chi connectivity index (χ0n) is 23.4. The lowest BCUT2D eigenvalue weighted by Gasteiger charge is -2.37. The van der Waals surface area contributed by atoms with Crippen molar-refractivity contribution >= 4 is 34.9 Å². The highest BCUT2D eigenvalue weighted by molar-refractivity contribution is 6.10. The number of hydrazine groups is 1. The Morgan fingerprint density at radius 1 is 0.733 bits per heavy atom. The molecule has 8 rings (SSSR count). The molecule has 4 aliphatic carbocycles. The summed E-state index contributed by atoms with van der Waals surface area (Å²) in [5, 5.41) is 23.7. The molecule has 2 saturated carbocycles. The summed E-state index contributed by atoms with van der Waals surface area (Å²) in [5.74, 6) is -2.46. The van der Waals surface area contributed by atoms with Gasteiger partial charge in [0.15, 0.2) is 5.78 Å². The zero-order valence-corrected chi connectivity index (χ0v) is 23.4. The van der Waals surface area contributed by atoms with Gasteiger partial charge in [0.2, 0.25) is 0 Å². The molecule has 13 nitrogen and oxygen atoms in total. The molecule has 0 radical (unpaired) electrons. The summed E-state index contributed by atoms with van der Waals surface area (Å²) < 4.78 is 5.70. The van der Waals surface area contributed by atoms with Gasteiger partial charge in [-0.15, -0.1) is 0 Å². The van der Waals surface area contributed by atoms with E-state index in [-0.39, 0.29) is 34.3 Å². The van der Waals surface area contributed by atoms with E-state index in [0.29, 0.717) is 23.3 Å². The number of nitro groups is 2. The molecule has 226 valence electrons. The molecule has 3 fully saturated rings. The Balaban J connectivity index is 1.14. The van der Waals surface area contributed by atoms with Crippen LogP contribution in [0, 0.1) is 55.7 Å². The van der Waals surface area contributed by atoms with Gasteiger partial charge in [-0.1, -0.05) is 12.2 Å². The van der Waals surface area contributed by atoms with E-state index in [1.54, 1.807) is 0 Å². The molecule has 1 aliphatic heterocycles. The van der Waals surface area contributed by atoms with Crippen LogP contribution >= 0.6 is 0 Å². The normalized spacial score (nSPS) is 25.4. The molecule has 0 aromatic heterocycles. The fourth-order valence-corrected chi connectivity index (χ4v) is 7.00. The molecule has 6 atom stereocenters. The van der Waals surface area contributed by atoms with E-state index in [2.05, 4.69) is 0 Å². The second kappa shape index (κ2) is 10.5. The summed E-state index contributed by atoms with van der Waals surface area (Å²) in [5.41, 5.74) is -0.191. The highest BCUT2D eigenvalue weighted by Gasteiger charge is 2.68. The van der Waals surface area contributed by atoms with E-state index >= 15 is 0 Å². The standard InChI is InChI=1S/C32H24N4O9/c37-27(17-3-9-21(10-4-17)45-22-11-7-20(8-12-22)36(43)44)16-33(30(38)18-1-5-19(6-2-18)35(41)42)34-31(39)28-23-13-14-24(26-15-25(23)26)29(28)32(34)40/h1-14,23-26,28-29H,15-16H2/t23-,24-,25-,26+,28+,29+/m0/s1. The Bertz CT molecular complexity index is 1770. The number of amides is 3. The molecule has 1 saturated heterocycles. The second-order valence-electron chi connectivity index (χ2n) is 11.6. The number of ketones is 1. The van der Waals surface area contributed by atoms with Crippen molar-refractivity contribution in [3.63, 3.8) is 0 Å². The third kappa shape index (κ3) is 4.72. The molecule has 45 heavy (non-hydrogen) atoms. The predicted octanol–water partition coefficient (Wildman–Crippen LogP) is 4.59. The van der Waals surface area contributed by atoms with Crippen LogP contribution in [0.2, 0.25) is 0 Å². The molecule has 5 aliphatic rings. The number of allylic oxidation sites excluding steroid dienone is 2. The van der Waals surface area contributed by atoms with Crippen molar-refractivity contribution in [2.24, 2.45) is 35.5 Å². The summed E-state index contributed by atoms with van der Waals surface area (Å²) in [7, 11) is 0. The summed E-state index contributed by atoms with van der Waals surface area (Å²) in [6.45, 7) is -0.634. The maximum absolute atomic E-state index is 13.8. The number of Topliss-reactive ketones (excluding diaryl/α,β-unsaturated/α-hetero) is 1. The molecule has 13 heteroatoms. The van der Waals surface area contributed by atoms with Gasteiger partial charge in [0.05, 0.1) is 21.7 Å². The van der Waals surface area contributed by atoms with Crippen molar-refractivity contribution < 1.29 is 33.8 Å². The van der Waals surface area contributed by atoms with Gasteiger partial charge in [-0.05, 0) is 78.6 Å². The number of carbonyl (C=O) groups is 4. The van der Waals surface area contributed by atoms with Crippen LogP contribution in [0.5, 0.6) is 11.5 Å². The summed E-state index contributed by atoms with van der Waals surface area (Å²) in [6.07, 6.45) is 4.97. The number of nitrogens with zero attached hydrogens (tertiary/aromatic N) is 4. The number of non-ortho nitro benzene ring substituents is 2. The first kappa shape index (κ1) is 28.1. The molecule has 0 unspecified atom stereocenters. The topological polar surface area (TPSA) is 170 Å². The molecular formula is C32H24N4O9. The minimum Gasteiger partial charge on any atom is -0.457 e. The Kier molecular flexibility index (Phi) is 6.53. The van der Waals surface area contributed by atoms with Crippen molar-refractivity contribution in [3.8, 4) is 11.5 Å². The minimum atomic E-state index is -0.817. The molecule has 0 N–H and O–H groups in total. The third-order valence-electron chi connectivity index (χ3n) is 9.19. The van der Waals surface area contributed by atoms with Gasteiger partial charge in [-0.3, -0.25) is 39.4 Å². The number of hydrogen-bond acceptors (Lipinski definition) is 9. The van der Waals surface area contributed by atoms with E-state index in [4.69, 9.17) is 4.74 Å². The van der Waals surface area contributed by atoms with E-state index in [0.717, 1.165) is 28.6 Å². The third-order valence-corrected chi connectivity index (χ3v) is 9.19. The maximum Gasteiger partial charge on any atom is 0.273 e. The fourth-order valence-electron chi connectivity index (χ4n) is 7.00. The molecule has 2 bridgehead atoms. The highest BCUT2D eigenvalue weighted by atomic mass is 16.6. The number of hydrogen-bond donors (Lipinski definition) is 0. The maximum atomic E-state index is 13.8. The molecule has 1 heterocycles. The van der Waals surface area contributed by atoms with Crippen LogP contribution in [-0.2, 0) is 9.59 Å². The van der Waals surface area contributed by atoms with Crippen molar-refractivity contribution in [1.29, 1.82) is 0 Å². The Morgan fingerprint density at radius 3 is 1.67 bits per heavy atom.